The molecular weight excluding hydrogens is 196 g/mol. The van der Waals surface area contributed by atoms with Gasteiger partial charge < -0.3 is 20.5 Å². The maximum absolute atomic E-state index is 10.8. The van der Waals surface area contributed by atoms with Gasteiger partial charge in [0.1, 0.15) is 0 Å². The first-order chi connectivity index (χ1) is 7.20. The highest BCUT2D eigenvalue weighted by atomic mass is 16.5. The molecule has 0 spiro atoms. The van der Waals surface area contributed by atoms with Gasteiger partial charge in [-0.15, -0.1) is 0 Å². The minimum Gasteiger partial charge on any atom is -0.389 e. The van der Waals surface area contributed by atoms with Crippen molar-refractivity contribution >= 4 is 5.91 Å². The molecule has 0 heterocycles. The van der Waals surface area contributed by atoms with E-state index >= 15 is 0 Å². The maximum Gasteiger partial charge on any atom is 0.233 e. The Morgan fingerprint density at radius 2 is 2.27 bits per heavy atom. The van der Waals surface area contributed by atoms with Crippen LogP contribution in [0, 0.1) is 0 Å². The quantitative estimate of drug-likeness (QED) is 0.456. The van der Waals surface area contributed by atoms with Crippen molar-refractivity contribution in [2.45, 2.75) is 25.9 Å². The number of amides is 1. The highest BCUT2D eigenvalue weighted by molar-refractivity contribution is 5.77. The SMILES string of the molecule is CCCCOCC(O)CNCC(=O)NC. The van der Waals surface area contributed by atoms with Gasteiger partial charge in [0.25, 0.3) is 0 Å². The van der Waals surface area contributed by atoms with Gasteiger partial charge in [-0.05, 0) is 6.42 Å². The zero-order chi connectivity index (χ0) is 11.5. The summed E-state index contributed by atoms with van der Waals surface area (Å²) in [7, 11) is 1.58. The Hall–Kier alpha value is -0.650. The summed E-state index contributed by atoms with van der Waals surface area (Å²) >= 11 is 0. The summed E-state index contributed by atoms with van der Waals surface area (Å²) in [6.45, 7) is 3.69. The number of hydrogen-bond acceptors (Lipinski definition) is 4. The molecule has 1 unspecified atom stereocenters. The average Bonchev–Trinajstić information content (AvgIpc) is 2.24. The van der Waals surface area contributed by atoms with E-state index in [1.165, 1.54) is 0 Å². The van der Waals surface area contributed by atoms with Gasteiger partial charge in [-0.25, -0.2) is 0 Å². The number of carbonyl (C=O) groups is 1. The minimum atomic E-state index is -0.550. The lowest BCUT2D eigenvalue weighted by Crippen LogP contribution is -2.37. The van der Waals surface area contributed by atoms with Gasteiger partial charge in [-0.2, -0.15) is 0 Å². The van der Waals surface area contributed by atoms with Gasteiger partial charge in [0.2, 0.25) is 5.91 Å². The topological polar surface area (TPSA) is 70.6 Å². The van der Waals surface area contributed by atoms with E-state index < -0.39 is 6.10 Å². The lowest BCUT2D eigenvalue weighted by Gasteiger charge is -2.11. The van der Waals surface area contributed by atoms with E-state index in [4.69, 9.17) is 4.74 Å². The molecule has 0 rings (SSSR count). The van der Waals surface area contributed by atoms with Crippen molar-refractivity contribution < 1.29 is 14.6 Å². The van der Waals surface area contributed by atoms with E-state index in [9.17, 15) is 9.90 Å². The summed E-state index contributed by atoms with van der Waals surface area (Å²) in [6, 6.07) is 0. The lowest BCUT2D eigenvalue weighted by molar-refractivity contribution is -0.119. The van der Waals surface area contributed by atoms with Crippen LogP contribution >= 0.6 is 0 Å². The zero-order valence-corrected chi connectivity index (χ0v) is 9.58. The molecule has 0 aromatic heterocycles. The summed E-state index contributed by atoms with van der Waals surface area (Å²) < 4.78 is 5.23. The van der Waals surface area contributed by atoms with Crippen LogP contribution in [-0.4, -0.2) is 50.5 Å². The summed E-state index contributed by atoms with van der Waals surface area (Å²) in [5, 5.41) is 14.7. The number of hydrogen-bond donors (Lipinski definition) is 3. The second-order valence-electron chi connectivity index (χ2n) is 3.39. The highest BCUT2D eigenvalue weighted by Crippen LogP contribution is 1.90. The second-order valence-corrected chi connectivity index (χ2v) is 3.39. The minimum absolute atomic E-state index is 0.0888. The van der Waals surface area contributed by atoms with Crippen LogP contribution in [0.4, 0.5) is 0 Å². The smallest absolute Gasteiger partial charge is 0.233 e. The van der Waals surface area contributed by atoms with E-state index in [-0.39, 0.29) is 12.5 Å². The summed E-state index contributed by atoms with van der Waals surface area (Å²) in [4.78, 5) is 10.8. The van der Waals surface area contributed by atoms with Crippen molar-refractivity contribution in [3.05, 3.63) is 0 Å². The predicted octanol–water partition coefficient (Wildman–Crippen LogP) is -0.500. The summed E-state index contributed by atoms with van der Waals surface area (Å²) in [5.74, 6) is -0.0888. The molecule has 0 fully saturated rings. The molecule has 1 atom stereocenters. The summed E-state index contributed by atoms with van der Waals surface area (Å²) in [6.07, 6.45) is 1.55. The molecule has 0 radical (unpaired) electrons. The van der Waals surface area contributed by atoms with Gasteiger partial charge in [0.05, 0.1) is 19.3 Å². The number of rotatable bonds is 9. The zero-order valence-electron chi connectivity index (χ0n) is 9.58. The van der Waals surface area contributed by atoms with Crippen LogP contribution in [0.3, 0.4) is 0 Å². The van der Waals surface area contributed by atoms with Gasteiger partial charge in [0, 0.05) is 20.2 Å². The monoisotopic (exact) mass is 218 g/mol. The van der Waals surface area contributed by atoms with E-state index in [1.807, 2.05) is 0 Å². The van der Waals surface area contributed by atoms with Crippen LogP contribution in [0.25, 0.3) is 0 Å². The Morgan fingerprint density at radius 1 is 1.53 bits per heavy atom. The first-order valence-electron chi connectivity index (χ1n) is 5.37. The van der Waals surface area contributed by atoms with Gasteiger partial charge in [-0.3, -0.25) is 4.79 Å². The molecule has 0 aromatic rings. The normalized spacial score (nSPS) is 12.5. The maximum atomic E-state index is 10.8. The Balaban J connectivity index is 3.25. The van der Waals surface area contributed by atoms with Gasteiger partial charge in [-0.1, -0.05) is 13.3 Å². The molecule has 0 aromatic carbocycles. The molecule has 0 bridgehead atoms. The van der Waals surface area contributed by atoms with Crippen molar-refractivity contribution in [3.63, 3.8) is 0 Å². The van der Waals surface area contributed by atoms with Crippen molar-refractivity contribution in [3.8, 4) is 0 Å². The number of likely N-dealkylation sites (N-methyl/N-ethyl adjacent to an activating group) is 1. The Bertz CT molecular complexity index is 165. The molecule has 0 aliphatic rings. The molecule has 15 heavy (non-hydrogen) atoms. The number of unbranched alkanes of at least 4 members (excludes halogenated alkanes) is 1. The molecule has 0 aliphatic carbocycles. The number of ether oxygens (including phenoxy) is 1. The van der Waals surface area contributed by atoms with Crippen molar-refractivity contribution in [1.82, 2.24) is 10.6 Å². The first-order valence-corrected chi connectivity index (χ1v) is 5.37. The van der Waals surface area contributed by atoms with E-state index in [0.29, 0.717) is 19.8 Å². The molecule has 0 aliphatic heterocycles. The number of aliphatic hydroxyl groups excluding tert-OH is 1. The summed E-state index contributed by atoms with van der Waals surface area (Å²) in [5.41, 5.74) is 0. The van der Waals surface area contributed by atoms with Crippen LogP contribution in [0.15, 0.2) is 0 Å². The van der Waals surface area contributed by atoms with Crippen LogP contribution in [-0.2, 0) is 9.53 Å². The third-order valence-corrected chi connectivity index (χ3v) is 1.90. The molecule has 1 amide bonds. The predicted molar refractivity (Wildman–Crippen MR) is 58.7 cm³/mol. The lowest BCUT2D eigenvalue weighted by atomic mass is 10.3. The highest BCUT2D eigenvalue weighted by Gasteiger charge is 2.04. The standard InChI is InChI=1S/C10H22N2O3/c1-3-4-5-15-8-9(13)6-12-7-10(14)11-2/h9,12-13H,3-8H2,1-2H3,(H,11,14). The molecule has 3 N–H and O–H groups in total. The van der Waals surface area contributed by atoms with Crippen LogP contribution in [0.2, 0.25) is 0 Å². The third-order valence-electron chi connectivity index (χ3n) is 1.90. The fourth-order valence-corrected chi connectivity index (χ4v) is 0.965. The van der Waals surface area contributed by atoms with Crippen LogP contribution in [0.1, 0.15) is 19.8 Å². The molecular formula is C10H22N2O3. The Morgan fingerprint density at radius 3 is 2.87 bits per heavy atom. The van der Waals surface area contributed by atoms with E-state index in [1.54, 1.807) is 7.05 Å². The molecule has 90 valence electrons. The Labute approximate surface area is 91.2 Å². The molecule has 0 saturated carbocycles. The average molecular weight is 218 g/mol. The first kappa shape index (κ1) is 14.3. The third kappa shape index (κ3) is 9.65. The molecule has 0 saturated heterocycles. The largest absolute Gasteiger partial charge is 0.389 e. The van der Waals surface area contributed by atoms with Crippen LogP contribution in [0.5, 0.6) is 0 Å². The fourth-order valence-electron chi connectivity index (χ4n) is 0.965. The molecule has 5 nitrogen and oxygen atoms in total. The van der Waals surface area contributed by atoms with Gasteiger partial charge in [0.15, 0.2) is 0 Å². The number of aliphatic hydroxyl groups is 1. The van der Waals surface area contributed by atoms with Gasteiger partial charge >= 0.3 is 0 Å². The van der Waals surface area contributed by atoms with Crippen molar-refractivity contribution in [1.29, 1.82) is 0 Å². The van der Waals surface area contributed by atoms with Crippen molar-refractivity contribution in [2.75, 3.05) is 33.4 Å². The fraction of sp³-hybridized carbons (Fsp3) is 0.900. The number of nitrogens with one attached hydrogen (secondary N) is 2. The van der Waals surface area contributed by atoms with E-state index in [0.717, 1.165) is 12.8 Å². The Kier molecular flexibility index (Phi) is 9.46. The van der Waals surface area contributed by atoms with E-state index in [2.05, 4.69) is 17.6 Å². The second kappa shape index (κ2) is 9.89. The van der Waals surface area contributed by atoms with Crippen LogP contribution < -0.4 is 10.6 Å². The molecule has 5 heteroatoms. The van der Waals surface area contributed by atoms with Crippen molar-refractivity contribution in [2.24, 2.45) is 0 Å². The number of carbonyl (C=O) groups excluding carboxylic acids is 1.